The monoisotopic (exact) mass is 237 g/mol. The molecular weight excluding hydrogens is 214 g/mol. The highest BCUT2D eigenvalue weighted by Gasteiger charge is 2.11. The molecule has 90 valence electrons. The highest BCUT2D eigenvalue weighted by molar-refractivity contribution is 8.00. The second-order valence-corrected chi connectivity index (χ2v) is 5.74. The predicted octanol–water partition coefficient (Wildman–Crippen LogP) is 3.70. The third-order valence-corrected chi connectivity index (χ3v) is 4.49. The lowest BCUT2D eigenvalue weighted by Gasteiger charge is -2.17. The molecule has 1 nitrogen and oxygen atoms in total. The summed E-state index contributed by atoms with van der Waals surface area (Å²) in [5, 5.41) is 3.94. The van der Waals surface area contributed by atoms with Gasteiger partial charge in [-0.05, 0) is 45.4 Å². The topological polar surface area (TPSA) is 12.0 Å². The molecule has 1 aromatic carbocycles. The third kappa shape index (κ3) is 3.53. The Morgan fingerprint density at radius 2 is 1.75 bits per heavy atom. The molecule has 0 aliphatic carbocycles. The van der Waals surface area contributed by atoms with Crippen molar-refractivity contribution in [3.05, 3.63) is 28.8 Å². The fourth-order valence-corrected chi connectivity index (χ4v) is 3.26. The van der Waals surface area contributed by atoms with Gasteiger partial charge < -0.3 is 5.32 Å². The highest BCUT2D eigenvalue weighted by Crippen LogP contribution is 2.31. The maximum atomic E-state index is 3.27. The molecule has 1 N–H and O–H groups in total. The van der Waals surface area contributed by atoms with Crippen molar-refractivity contribution in [2.75, 3.05) is 13.6 Å². The smallest absolute Gasteiger partial charge is 0.0217 e. The molecule has 2 heteroatoms. The number of rotatable bonds is 5. The van der Waals surface area contributed by atoms with Gasteiger partial charge in [0.1, 0.15) is 0 Å². The summed E-state index contributed by atoms with van der Waals surface area (Å²) in [7, 11) is 2.03. The van der Waals surface area contributed by atoms with Gasteiger partial charge in [0.15, 0.2) is 0 Å². The van der Waals surface area contributed by atoms with E-state index in [1.54, 1.807) is 0 Å². The third-order valence-electron chi connectivity index (χ3n) is 2.78. The van der Waals surface area contributed by atoms with Gasteiger partial charge in [-0.3, -0.25) is 0 Å². The van der Waals surface area contributed by atoms with Crippen molar-refractivity contribution in [1.29, 1.82) is 0 Å². The van der Waals surface area contributed by atoms with E-state index in [0.717, 1.165) is 6.54 Å². The maximum absolute atomic E-state index is 3.27. The summed E-state index contributed by atoms with van der Waals surface area (Å²) in [5.41, 5.74) is 4.19. The zero-order valence-corrected chi connectivity index (χ0v) is 11.9. The van der Waals surface area contributed by atoms with Gasteiger partial charge in [0.05, 0.1) is 0 Å². The standard InChI is InChI=1S/C14H23NS/c1-6-13(9-15-5)16-14-11(3)7-10(2)8-12(14)4/h7-8,13,15H,6,9H2,1-5H3. The number of hydrogen-bond acceptors (Lipinski definition) is 2. The van der Waals surface area contributed by atoms with Crippen LogP contribution in [0.1, 0.15) is 30.0 Å². The largest absolute Gasteiger partial charge is 0.319 e. The van der Waals surface area contributed by atoms with Gasteiger partial charge >= 0.3 is 0 Å². The van der Waals surface area contributed by atoms with Crippen LogP contribution in [0, 0.1) is 20.8 Å². The van der Waals surface area contributed by atoms with E-state index in [0.29, 0.717) is 5.25 Å². The Bertz CT molecular complexity index is 324. The van der Waals surface area contributed by atoms with E-state index in [4.69, 9.17) is 0 Å². The molecule has 1 atom stereocenters. The molecule has 1 unspecified atom stereocenters. The van der Waals surface area contributed by atoms with Crippen LogP contribution in [0.2, 0.25) is 0 Å². The lowest BCUT2D eigenvalue weighted by atomic mass is 10.1. The average Bonchev–Trinajstić information content (AvgIpc) is 2.21. The van der Waals surface area contributed by atoms with Crippen LogP contribution in [0.3, 0.4) is 0 Å². The van der Waals surface area contributed by atoms with Crippen LogP contribution in [0.4, 0.5) is 0 Å². The van der Waals surface area contributed by atoms with Crippen molar-refractivity contribution < 1.29 is 0 Å². The molecule has 0 aliphatic heterocycles. The van der Waals surface area contributed by atoms with Crippen LogP contribution in [0.15, 0.2) is 17.0 Å². The first-order valence-corrected chi connectivity index (χ1v) is 6.85. The second kappa shape index (κ2) is 6.31. The Kier molecular flexibility index (Phi) is 5.36. The number of aryl methyl sites for hydroxylation is 3. The van der Waals surface area contributed by atoms with E-state index in [2.05, 4.69) is 45.1 Å². The Balaban J connectivity index is 2.87. The van der Waals surface area contributed by atoms with Crippen molar-refractivity contribution in [2.24, 2.45) is 0 Å². The van der Waals surface area contributed by atoms with Crippen LogP contribution in [0.5, 0.6) is 0 Å². The Hall–Kier alpha value is -0.470. The van der Waals surface area contributed by atoms with Gasteiger partial charge in [-0.1, -0.05) is 24.6 Å². The fourth-order valence-electron chi connectivity index (χ4n) is 2.02. The molecule has 0 spiro atoms. The first-order chi connectivity index (χ1) is 7.58. The van der Waals surface area contributed by atoms with E-state index >= 15 is 0 Å². The second-order valence-electron chi connectivity index (χ2n) is 4.43. The van der Waals surface area contributed by atoms with Gasteiger partial charge in [0, 0.05) is 16.7 Å². The summed E-state index contributed by atoms with van der Waals surface area (Å²) >= 11 is 2.01. The van der Waals surface area contributed by atoms with Crippen molar-refractivity contribution >= 4 is 11.8 Å². The molecule has 0 saturated heterocycles. The lowest BCUT2D eigenvalue weighted by Crippen LogP contribution is -2.20. The quantitative estimate of drug-likeness (QED) is 0.784. The number of nitrogens with one attached hydrogen (secondary N) is 1. The van der Waals surface area contributed by atoms with E-state index in [1.165, 1.54) is 28.0 Å². The van der Waals surface area contributed by atoms with E-state index in [-0.39, 0.29) is 0 Å². The van der Waals surface area contributed by atoms with Crippen LogP contribution >= 0.6 is 11.8 Å². The summed E-state index contributed by atoms with van der Waals surface area (Å²) < 4.78 is 0. The molecular formula is C14H23NS. The predicted molar refractivity (Wildman–Crippen MR) is 74.5 cm³/mol. The number of hydrogen-bond donors (Lipinski definition) is 1. The van der Waals surface area contributed by atoms with Crippen molar-refractivity contribution in [3.63, 3.8) is 0 Å². The summed E-state index contributed by atoms with van der Waals surface area (Å²) in [6.07, 6.45) is 1.21. The lowest BCUT2D eigenvalue weighted by molar-refractivity contribution is 0.726. The molecule has 0 aliphatic rings. The first kappa shape index (κ1) is 13.6. The SMILES string of the molecule is CCC(CNC)Sc1c(C)cc(C)cc1C. The van der Waals surface area contributed by atoms with Crippen molar-refractivity contribution in [3.8, 4) is 0 Å². The summed E-state index contributed by atoms with van der Waals surface area (Å²) in [5.74, 6) is 0. The van der Waals surface area contributed by atoms with Crippen LogP contribution in [-0.2, 0) is 0 Å². The van der Waals surface area contributed by atoms with E-state index < -0.39 is 0 Å². The maximum Gasteiger partial charge on any atom is 0.0217 e. The molecule has 1 aromatic rings. The summed E-state index contributed by atoms with van der Waals surface area (Å²) in [6.45, 7) is 9.93. The normalized spacial score (nSPS) is 12.8. The molecule has 0 amide bonds. The Labute approximate surface area is 104 Å². The van der Waals surface area contributed by atoms with Crippen molar-refractivity contribution in [2.45, 2.75) is 44.3 Å². The van der Waals surface area contributed by atoms with Crippen LogP contribution in [0.25, 0.3) is 0 Å². The number of thioether (sulfide) groups is 1. The summed E-state index contributed by atoms with van der Waals surface area (Å²) in [4.78, 5) is 1.47. The molecule has 0 fully saturated rings. The average molecular weight is 237 g/mol. The van der Waals surface area contributed by atoms with Gasteiger partial charge in [0.25, 0.3) is 0 Å². The zero-order chi connectivity index (χ0) is 12.1. The molecule has 0 bridgehead atoms. The van der Waals surface area contributed by atoms with Gasteiger partial charge in [-0.15, -0.1) is 11.8 Å². The minimum absolute atomic E-state index is 0.671. The fraction of sp³-hybridized carbons (Fsp3) is 0.571. The molecule has 0 radical (unpaired) electrons. The molecule has 0 saturated carbocycles. The first-order valence-electron chi connectivity index (χ1n) is 5.97. The highest BCUT2D eigenvalue weighted by atomic mass is 32.2. The van der Waals surface area contributed by atoms with E-state index in [1.807, 2.05) is 18.8 Å². The molecule has 16 heavy (non-hydrogen) atoms. The molecule has 0 heterocycles. The van der Waals surface area contributed by atoms with Crippen LogP contribution in [-0.4, -0.2) is 18.8 Å². The molecule has 1 rings (SSSR count). The van der Waals surface area contributed by atoms with Crippen LogP contribution < -0.4 is 5.32 Å². The van der Waals surface area contributed by atoms with E-state index in [9.17, 15) is 0 Å². The zero-order valence-electron chi connectivity index (χ0n) is 11.1. The van der Waals surface area contributed by atoms with Gasteiger partial charge in [0.2, 0.25) is 0 Å². The Morgan fingerprint density at radius 1 is 1.19 bits per heavy atom. The molecule has 0 aromatic heterocycles. The van der Waals surface area contributed by atoms with Gasteiger partial charge in [-0.2, -0.15) is 0 Å². The minimum Gasteiger partial charge on any atom is -0.319 e. The van der Waals surface area contributed by atoms with Crippen molar-refractivity contribution in [1.82, 2.24) is 5.32 Å². The summed E-state index contributed by atoms with van der Waals surface area (Å²) in [6, 6.07) is 4.56. The minimum atomic E-state index is 0.671. The number of benzene rings is 1. The van der Waals surface area contributed by atoms with Gasteiger partial charge in [-0.25, -0.2) is 0 Å². The Morgan fingerprint density at radius 3 is 2.19 bits per heavy atom.